The average Bonchev–Trinajstić information content (AvgIpc) is 3.28. The zero-order valence-corrected chi connectivity index (χ0v) is 14.7. The molecule has 0 saturated carbocycles. The Balaban J connectivity index is 1.65. The highest BCUT2D eigenvalue weighted by atomic mass is 32.1. The summed E-state index contributed by atoms with van der Waals surface area (Å²) >= 11 is 1.66. The maximum atomic E-state index is 12.8. The predicted molar refractivity (Wildman–Crippen MR) is 92.5 cm³/mol. The van der Waals surface area contributed by atoms with Gasteiger partial charge in [-0.2, -0.15) is 4.98 Å². The lowest BCUT2D eigenvalue weighted by Crippen LogP contribution is -2.40. The van der Waals surface area contributed by atoms with Crippen LogP contribution in [0.1, 0.15) is 35.5 Å². The van der Waals surface area contributed by atoms with Crippen LogP contribution in [0.5, 0.6) is 0 Å². The van der Waals surface area contributed by atoms with Crippen molar-refractivity contribution in [3.05, 3.63) is 46.8 Å². The number of carbonyl (C=O) groups excluding carboxylic acids is 1. The van der Waals surface area contributed by atoms with Crippen molar-refractivity contribution < 1.29 is 9.32 Å². The molecule has 2 aromatic heterocycles. The van der Waals surface area contributed by atoms with E-state index in [1.807, 2.05) is 16.3 Å². The number of carbonyl (C=O) groups is 1. The van der Waals surface area contributed by atoms with Gasteiger partial charge in [-0.15, -0.1) is 17.9 Å². The van der Waals surface area contributed by atoms with Gasteiger partial charge < -0.3 is 9.42 Å². The molecule has 1 unspecified atom stereocenters. The van der Waals surface area contributed by atoms with Crippen molar-refractivity contribution in [3.8, 4) is 0 Å². The van der Waals surface area contributed by atoms with Crippen LogP contribution < -0.4 is 0 Å². The first-order valence-corrected chi connectivity index (χ1v) is 9.00. The van der Waals surface area contributed by atoms with E-state index in [4.69, 9.17) is 4.52 Å². The van der Waals surface area contributed by atoms with Gasteiger partial charge in [0.15, 0.2) is 5.82 Å². The minimum absolute atomic E-state index is 0.0683. The number of amides is 1. The van der Waals surface area contributed by atoms with Gasteiger partial charge in [0, 0.05) is 18.3 Å². The lowest BCUT2D eigenvalue weighted by atomic mass is 10.2. The highest BCUT2D eigenvalue weighted by molar-refractivity contribution is 7.09. The molecule has 3 rings (SSSR count). The molecule has 0 radical (unpaired) electrons. The smallest absolute Gasteiger partial charge is 0.237 e. The molecule has 1 atom stereocenters. The van der Waals surface area contributed by atoms with E-state index in [1.165, 1.54) is 4.88 Å². The van der Waals surface area contributed by atoms with Crippen LogP contribution in [0.15, 0.2) is 34.7 Å². The van der Waals surface area contributed by atoms with Crippen molar-refractivity contribution in [1.82, 2.24) is 19.9 Å². The molecular weight excluding hydrogens is 324 g/mol. The molecule has 0 aliphatic carbocycles. The number of hydrogen-bond donors (Lipinski definition) is 0. The highest BCUT2D eigenvalue weighted by Crippen LogP contribution is 2.30. The third kappa shape index (κ3) is 3.91. The van der Waals surface area contributed by atoms with Crippen molar-refractivity contribution >= 4 is 17.2 Å². The van der Waals surface area contributed by atoms with Gasteiger partial charge in [-0.1, -0.05) is 17.3 Å². The van der Waals surface area contributed by atoms with E-state index in [0.717, 1.165) is 19.4 Å². The third-order valence-electron chi connectivity index (χ3n) is 4.17. The topological polar surface area (TPSA) is 62.5 Å². The number of likely N-dealkylation sites (tertiary alicyclic amines) is 1. The summed E-state index contributed by atoms with van der Waals surface area (Å²) in [5, 5.41) is 6.06. The first kappa shape index (κ1) is 16.9. The fraction of sp³-hybridized carbons (Fsp3) is 0.471. The molecule has 128 valence electrons. The monoisotopic (exact) mass is 346 g/mol. The standard InChI is InChI=1S/C17H22N4O2S/c1-3-8-21(11-14-6-5-10-24-14)16(22)12-20-9-4-7-15(20)17-18-13(2)23-19-17/h3,5-6,10,15H,1,4,7-9,11-12H2,2H3. The Morgan fingerprint density at radius 1 is 1.62 bits per heavy atom. The van der Waals surface area contributed by atoms with E-state index in [-0.39, 0.29) is 11.9 Å². The van der Waals surface area contributed by atoms with E-state index < -0.39 is 0 Å². The van der Waals surface area contributed by atoms with Crippen LogP contribution in [0, 0.1) is 6.92 Å². The molecule has 1 aliphatic rings. The van der Waals surface area contributed by atoms with Crippen molar-refractivity contribution in [2.24, 2.45) is 0 Å². The minimum atomic E-state index is 0.0683. The van der Waals surface area contributed by atoms with Gasteiger partial charge in [-0.25, -0.2) is 0 Å². The van der Waals surface area contributed by atoms with Crippen molar-refractivity contribution in [3.63, 3.8) is 0 Å². The summed E-state index contributed by atoms with van der Waals surface area (Å²) in [6, 6.07) is 4.12. The second kappa shape index (κ2) is 7.72. The molecule has 1 fully saturated rings. The zero-order chi connectivity index (χ0) is 16.9. The quantitative estimate of drug-likeness (QED) is 0.722. The summed E-state index contributed by atoms with van der Waals surface area (Å²) in [5.41, 5.74) is 0. The second-order valence-corrected chi connectivity index (χ2v) is 6.97. The number of aromatic nitrogens is 2. The van der Waals surface area contributed by atoms with Gasteiger partial charge in [-0.3, -0.25) is 9.69 Å². The molecular formula is C17H22N4O2S. The summed E-state index contributed by atoms with van der Waals surface area (Å²) in [5.74, 6) is 1.36. The van der Waals surface area contributed by atoms with Gasteiger partial charge in [0.1, 0.15) is 0 Å². The van der Waals surface area contributed by atoms with Crippen molar-refractivity contribution in [2.75, 3.05) is 19.6 Å². The normalized spacial score (nSPS) is 18.0. The molecule has 7 heteroatoms. The molecule has 24 heavy (non-hydrogen) atoms. The highest BCUT2D eigenvalue weighted by Gasteiger charge is 2.32. The lowest BCUT2D eigenvalue weighted by Gasteiger charge is -2.26. The zero-order valence-electron chi connectivity index (χ0n) is 13.9. The van der Waals surface area contributed by atoms with Crippen LogP contribution in [-0.4, -0.2) is 45.5 Å². The molecule has 0 N–H and O–H groups in total. The van der Waals surface area contributed by atoms with Crippen LogP contribution in [0.3, 0.4) is 0 Å². The van der Waals surface area contributed by atoms with E-state index in [2.05, 4.69) is 27.7 Å². The summed E-state index contributed by atoms with van der Waals surface area (Å²) in [4.78, 5) is 22.3. The Morgan fingerprint density at radius 3 is 3.17 bits per heavy atom. The summed E-state index contributed by atoms with van der Waals surface area (Å²) < 4.78 is 5.09. The Kier molecular flexibility index (Phi) is 5.42. The number of hydrogen-bond acceptors (Lipinski definition) is 6. The number of rotatable bonds is 7. The van der Waals surface area contributed by atoms with Crippen LogP contribution in [0.25, 0.3) is 0 Å². The fourth-order valence-corrected chi connectivity index (χ4v) is 3.75. The number of thiophene rings is 1. The lowest BCUT2D eigenvalue weighted by molar-refractivity contribution is -0.132. The van der Waals surface area contributed by atoms with Crippen LogP contribution >= 0.6 is 11.3 Å². The van der Waals surface area contributed by atoms with Gasteiger partial charge in [0.25, 0.3) is 0 Å². The summed E-state index contributed by atoms with van der Waals surface area (Å²) in [6.45, 7) is 7.99. The van der Waals surface area contributed by atoms with E-state index in [1.54, 1.807) is 24.3 Å². The van der Waals surface area contributed by atoms with E-state index in [0.29, 0.717) is 31.3 Å². The Hall–Kier alpha value is -1.99. The van der Waals surface area contributed by atoms with Gasteiger partial charge in [0.05, 0.1) is 19.1 Å². The van der Waals surface area contributed by atoms with E-state index >= 15 is 0 Å². The Labute approximate surface area is 145 Å². The summed E-state index contributed by atoms with van der Waals surface area (Å²) in [7, 11) is 0. The number of aryl methyl sites for hydroxylation is 1. The van der Waals surface area contributed by atoms with Crippen molar-refractivity contribution in [1.29, 1.82) is 0 Å². The molecule has 2 aromatic rings. The van der Waals surface area contributed by atoms with Gasteiger partial charge in [-0.05, 0) is 30.8 Å². The molecule has 0 spiro atoms. The number of nitrogens with zero attached hydrogens (tertiary/aromatic N) is 4. The first-order chi connectivity index (χ1) is 11.7. The molecule has 0 aromatic carbocycles. The minimum Gasteiger partial charge on any atom is -0.340 e. The fourth-order valence-electron chi connectivity index (χ4n) is 3.03. The van der Waals surface area contributed by atoms with Crippen LogP contribution in [-0.2, 0) is 11.3 Å². The van der Waals surface area contributed by atoms with Crippen molar-refractivity contribution in [2.45, 2.75) is 32.4 Å². The molecule has 1 amide bonds. The van der Waals surface area contributed by atoms with Crippen LogP contribution in [0.4, 0.5) is 0 Å². The predicted octanol–water partition coefficient (Wildman–Crippen LogP) is 2.79. The SMILES string of the molecule is C=CCN(Cc1cccs1)C(=O)CN1CCCC1c1noc(C)n1. The average molecular weight is 346 g/mol. The Bertz CT molecular complexity index is 683. The molecule has 3 heterocycles. The molecule has 1 saturated heterocycles. The van der Waals surface area contributed by atoms with Crippen LogP contribution in [0.2, 0.25) is 0 Å². The molecule has 1 aliphatic heterocycles. The maximum absolute atomic E-state index is 12.8. The largest absolute Gasteiger partial charge is 0.340 e. The maximum Gasteiger partial charge on any atom is 0.237 e. The summed E-state index contributed by atoms with van der Waals surface area (Å²) in [6.07, 6.45) is 3.77. The van der Waals surface area contributed by atoms with E-state index in [9.17, 15) is 4.79 Å². The molecule has 0 bridgehead atoms. The molecule has 6 nitrogen and oxygen atoms in total. The van der Waals surface area contributed by atoms with Gasteiger partial charge >= 0.3 is 0 Å². The Morgan fingerprint density at radius 2 is 2.50 bits per heavy atom. The first-order valence-electron chi connectivity index (χ1n) is 8.12. The second-order valence-electron chi connectivity index (χ2n) is 5.94. The van der Waals surface area contributed by atoms with Gasteiger partial charge in [0.2, 0.25) is 11.8 Å². The third-order valence-corrected chi connectivity index (χ3v) is 5.03.